The smallest absolute Gasteiger partial charge is 0.305 e. The summed E-state index contributed by atoms with van der Waals surface area (Å²) in [5, 5.41) is 1.30. The highest BCUT2D eigenvalue weighted by Crippen LogP contribution is 2.31. The fraction of sp³-hybridized carbons (Fsp3) is 0.375. The second kappa shape index (κ2) is 9.83. The van der Waals surface area contributed by atoms with Gasteiger partial charge in [-0.05, 0) is 61.8 Å². The molecule has 28 heavy (non-hydrogen) atoms. The van der Waals surface area contributed by atoms with E-state index in [9.17, 15) is 4.79 Å². The van der Waals surface area contributed by atoms with Gasteiger partial charge in [-0.15, -0.1) is 11.8 Å². The van der Waals surface area contributed by atoms with Crippen LogP contribution in [-0.2, 0) is 22.5 Å². The summed E-state index contributed by atoms with van der Waals surface area (Å²) in [4.78, 5) is 12.8. The number of benzene rings is 2. The standard InChI is InChI=1S/C24H29NO2S/c1-4-21-15-20-16-23(28-13-9-12-24(26)27-5-2)18(3)14-22(20)25(21)17-19-10-7-6-8-11-19/h6-8,10-11,14-16H,4-5,9,12-13,17H2,1-3H3. The van der Waals surface area contributed by atoms with Gasteiger partial charge in [-0.25, -0.2) is 0 Å². The number of fused-ring (bicyclic) bond motifs is 1. The number of thioether (sulfide) groups is 1. The molecule has 0 N–H and O–H groups in total. The second-order valence-corrected chi connectivity index (χ2v) is 8.13. The lowest BCUT2D eigenvalue weighted by Gasteiger charge is -2.12. The highest BCUT2D eigenvalue weighted by Gasteiger charge is 2.11. The summed E-state index contributed by atoms with van der Waals surface area (Å²) >= 11 is 1.83. The van der Waals surface area contributed by atoms with Crippen molar-refractivity contribution in [2.75, 3.05) is 12.4 Å². The maximum Gasteiger partial charge on any atom is 0.305 e. The number of hydrogen-bond donors (Lipinski definition) is 0. The van der Waals surface area contributed by atoms with Gasteiger partial charge in [0.1, 0.15) is 0 Å². The van der Waals surface area contributed by atoms with Crippen molar-refractivity contribution in [1.82, 2.24) is 4.57 Å². The van der Waals surface area contributed by atoms with Crippen LogP contribution in [0, 0.1) is 6.92 Å². The summed E-state index contributed by atoms with van der Waals surface area (Å²) in [6.07, 6.45) is 2.36. The number of carbonyl (C=O) groups excluding carboxylic acids is 1. The predicted molar refractivity (Wildman–Crippen MR) is 118 cm³/mol. The van der Waals surface area contributed by atoms with E-state index >= 15 is 0 Å². The van der Waals surface area contributed by atoms with Gasteiger partial charge >= 0.3 is 5.97 Å². The van der Waals surface area contributed by atoms with Crippen LogP contribution in [0.1, 0.15) is 43.5 Å². The predicted octanol–water partition coefficient (Wildman–Crippen LogP) is 6.00. The Labute approximate surface area is 172 Å². The van der Waals surface area contributed by atoms with Crippen LogP contribution < -0.4 is 0 Å². The topological polar surface area (TPSA) is 31.2 Å². The van der Waals surface area contributed by atoms with Crippen molar-refractivity contribution in [2.45, 2.75) is 51.5 Å². The lowest BCUT2D eigenvalue weighted by molar-refractivity contribution is -0.143. The number of rotatable bonds is 9. The number of ether oxygens (including phenoxy) is 1. The lowest BCUT2D eigenvalue weighted by atomic mass is 10.2. The molecule has 3 aromatic rings. The van der Waals surface area contributed by atoms with Crippen LogP contribution in [0.4, 0.5) is 0 Å². The van der Waals surface area contributed by atoms with Crippen molar-refractivity contribution in [1.29, 1.82) is 0 Å². The summed E-state index contributed by atoms with van der Waals surface area (Å²) < 4.78 is 7.44. The molecule has 3 nitrogen and oxygen atoms in total. The first-order chi connectivity index (χ1) is 13.6. The molecule has 0 aliphatic heterocycles. The molecule has 2 aromatic carbocycles. The lowest BCUT2D eigenvalue weighted by Crippen LogP contribution is -2.04. The van der Waals surface area contributed by atoms with E-state index in [0.29, 0.717) is 13.0 Å². The van der Waals surface area contributed by atoms with Crippen molar-refractivity contribution in [2.24, 2.45) is 0 Å². The summed E-state index contributed by atoms with van der Waals surface area (Å²) in [6, 6.07) is 17.6. The molecule has 1 heterocycles. The van der Waals surface area contributed by atoms with Crippen molar-refractivity contribution in [3.8, 4) is 0 Å². The minimum atomic E-state index is -0.0964. The normalized spacial score (nSPS) is 11.1. The third kappa shape index (κ3) is 4.99. The van der Waals surface area contributed by atoms with Gasteiger partial charge in [-0.2, -0.15) is 0 Å². The molecule has 4 heteroatoms. The molecule has 0 saturated heterocycles. The Balaban J connectivity index is 1.76. The molecule has 0 unspecified atom stereocenters. The summed E-state index contributed by atoms with van der Waals surface area (Å²) in [5.41, 5.74) is 5.28. The first-order valence-corrected chi connectivity index (χ1v) is 11.1. The van der Waals surface area contributed by atoms with Gasteiger partial charge < -0.3 is 9.30 Å². The molecule has 0 radical (unpaired) electrons. The molecule has 0 saturated carbocycles. The Bertz CT molecular complexity index is 931. The van der Waals surface area contributed by atoms with Gasteiger partial charge in [0.2, 0.25) is 0 Å². The molecule has 0 atom stereocenters. The van der Waals surface area contributed by atoms with E-state index < -0.39 is 0 Å². The first kappa shape index (κ1) is 20.5. The highest BCUT2D eigenvalue weighted by atomic mass is 32.2. The van der Waals surface area contributed by atoms with E-state index in [2.05, 4.69) is 66.9 Å². The number of aryl methyl sites for hydroxylation is 2. The Morgan fingerprint density at radius 1 is 1.11 bits per heavy atom. The van der Waals surface area contributed by atoms with Gasteiger partial charge in [-0.1, -0.05) is 37.3 Å². The average molecular weight is 396 g/mol. The van der Waals surface area contributed by atoms with Gasteiger partial charge in [0.05, 0.1) is 6.61 Å². The molecule has 3 rings (SSSR count). The SMILES string of the molecule is CCOC(=O)CCCSc1cc2cc(CC)n(Cc3ccccc3)c2cc1C. The van der Waals surface area contributed by atoms with Gasteiger partial charge in [0, 0.05) is 34.5 Å². The summed E-state index contributed by atoms with van der Waals surface area (Å²) in [6.45, 7) is 7.60. The van der Waals surface area contributed by atoms with Crippen molar-refractivity contribution >= 4 is 28.6 Å². The van der Waals surface area contributed by atoms with E-state index in [1.54, 1.807) is 0 Å². The van der Waals surface area contributed by atoms with Gasteiger partial charge in [0.15, 0.2) is 0 Å². The summed E-state index contributed by atoms with van der Waals surface area (Å²) in [7, 11) is 0. The Morgan fingerprint density at radius 3 is 2.61 bits per heavy atom. The fourth-order valence-corrected chi connectivity index (χ4v) is 4.49. The van der Waals surface area contributed by atoms with E-state index in [1.807, 2.05) is 18.7 Å². The molecule has 0 spiro atoms. The molecule has 0 amide bonds. The quantitative estimate of drug-likeness (QED) is 0.253. The minimum Gasteiger partial charge on any atom is -0.466 e. The molecule has 0 aliphatic rings. The number of hydrogen-bond acceptors (Lipinski definition) is 3. The van der Waals surface area contributed by atoms with Crippen LogP contribution in [-0.4, -0.2) is 22.9 Å². The van der Waals surface area contributed by atoms with E-state index in [-0.39, 0.29) is 5.97 Å². The van der Waals surface area contributed by atoms with E-state index in [0.717, 1.165) is 25.1 Å². The number of aromatic nitrogens is 1. The Hall–Kier alpha value is -2.20. The third-order valence-corrected chi connectivity index (χ3v) is 6.16. The van der Waals surface area contributed by atoms with Gasteiger partial charge in [0.25, 0.3) is 0 Å². The van der Waals surface area contributed by atoms with Crippen LogP contribution in [0.25, 0.3) is 10.9 Å². The zero-order chi connectivity index (χ0) is 19.9. The zero-order valence-electron chi connectivity index (χ0n) is 17.0. The maximum atomic E-state index is 11.5. The van der Waals surface area contributed by atoms with Crippen LogP contribution >= 0.6 is 11.8 Å². The van der Waals surface area contributed by atoms with E-state index in [4.69, 9.17) is 4.74 Å². The number of esters is 1. The van der Waals surface area contributed by atoms with Crippen molar-refractivity contribution in [3.63, 3.8) is 0 Å². The monoisotopic (exact) mass is 395 g/mol. The maximum absolute atomic E-state index is 11.5. The molecular weight excluding hydrogens is 366 g/mol. The highest BCUT2D eigenvalue weighted by molar-refractivity contribution is 7.99. The van der Waals surface area contributed by atoms with E-state index in [1.165, 1.54) is 32.6 Å². The van der Waals surface area contributed by atoms with Crippen LogP contribution in [0.3, 0.4) is 0 Å². The van der Waals surface area contributed by atoms with Gasteiger partial charge in [-0.3, -0.25) is 4.79 Å². The summed E-state index contributed by atoms with van der Waals surface area (Å²) in [5.74, 6) is 0.831. The number of nitrogens with zero attached hydrogens (tertiary/aromatic N) is 1. The van der Waals surface area contributed by atoms with Crippen LogP contribution in [0.15, 0.2) is 53.4 Å². The van der Waals surface area contributed by atoms with Crippen LogP contribution in [0.2, 0.25) is 0 Å². The fourth-order valence-electron chi connectivity index (χ4n) is 3.48. The first-order valence-electron chi connectivity index (χ1n) is 10.1. The molecule has 0 aliphatic carbocycles. The molecule has 0 fully saturated rings. The average Bonchev–Trinajstić information content (AvgIpc) is 3.03. The van der Waals surface area contributed by atoms with Crippen LogP contribution in [0.5, 0.6) is 0 Å². The second-order valence-electron chi connectivity index (χ2n) is 6.99. The molecule has 148 valence electrons. The van der Waals surface area contributed by atoms with Crippen molar-refractivity contribution in [3.05, 3.63) is 65.4 Å². The number of carbonyl (C=O) groups is 1. The molecular formula is C24H29NO2S. The zero-order valence-corrected chi connectivity index (χ0v) is 17.8. The van der Waals surface area contributed by atoms with Crippen molar-refractivity contribution < 1.29 is 9.53 Å². The molecule has 1 aromatic heterocycles. The third-order valence-electron chi connectivity index (χ3n) is 4.92. The largest absolute Gasteiger partial charge is 0.466 e. The minimum absolute atomic E-state index is 0.0964. The Morgan fingerprint density at radius 2 is 1.89 bits per heavy atom. The Kier molecular flexibility index (Phi) is 7.21. The molecule has 0 bridgehead atoms.